The molecule has 96 valence electrons. The van der Waals surface area contributed by atoms with E-state index in [2.05, 4.69) is 0 Å². The minimum atomic E-state index is -3.62. The summed E-state index contributed by atoms with van der Waals surface area (Å²) in [6.45, 7) is 4.51. The molecule has 17 heavy (non-hydrogen) atoms. The van der Waals surface area contributed by atoms with E-state index < -0.39 is 10.1 Å². The van der Waals surface area contributed by atoms with Crippen LogP contribution in [0.15, 0.2) is 35.2 Å². The van der Waals surface area contributed by atoms with Gasteiger partial charge in [-0.2, -0.15) is 8.42 Å². The Labute approximate surface area is 103 Å². The third kappa shape index (κ3) is 5.30. The van der Waals surface area contributed by atoms with Crippen molar-refractivity contribution >= 4 is 10.1 Å². The van der Waals surface area contributed by atoms with Crippen molar-refractivity contribution in [1.29, 1.82) is 0 Å². The molecule has 0 fully saturated rings. The highest BCUT2D eigenvalue weighted by Crippen LogP contribution is 2.11. The largest absolute Gasteiger partial charge is 0.379 e. The van der Waals surface area contributed by atoms with Gasteiger partial charge in [0.1, 0.15) is 0 Å². The van der Waals surface area contributed by atoms with Gasteiger partial charge in [-0.25, -0.2) is 0 Å². The van der Waals surface area contributed by atoms with Crippen molar-refractivity contribution in [2.45, 2.75) is 31.3 Å². The molecule has 5 heteroatoms. The van der Waals surface area contributed by atoms with E-state index in [1.54, 1.807) is 18.2 Å². The standard InChI is InChI=1S/C12H18O4S/c1-11(2)15-9-6-10-16-17(13,14)12-7-4-3-5-8-12/h3-5,7-8,11H,6,9-10H2,1-2H3. The van der Waals surface area contributed by atoms with Gasteiger partial charge >= 0.3 is 0 Å². The minimum absolute atomic E-state index is 0.143. The normalized spacial score (nSPS) is 11.9. The maximum Gasteiger partial charge on any atom is 0.296 e. The summed E-state index contributed by atoms with van der Waals surface area (Å²) in [5.74, 6) is 0. The second kappa shape index (κ2) is 6.74. The van der Waals surface area contributed by atoms with Crippen molar-refractivity contribution in [2.24, 2.45) is 0 Å². The minimum Gasteiger partial charge on any atom is -0.379 e. The number of benzene rings is 1. The van der Waals surface area contributed by atoms with Crippen LogP contribution in [-0.2, 0) is 19.0 Å². The molecule has 0 atom stereocenters. The van der Waals surface area contributed by atoms with Gasteiger partial charge in [0.15, 0.2) is 0 Å². The van der Waals surface area contributed by atoms with E-state index in [0.29, 0.717) is 13.0 Å². The van der Waals surface area contributed by atoms with Gasteiger partial charge in [0.05, 0.1) is 17.6 Å². The van der Waals surface area contributed by atoms with E-state index in [9.17, 15) is 8.42 Å². The van der Waals surface area contributed by atoms with Crippen LogP contribution in [0.3, 0.4) is 0 Å². The van der Waals surface area contributed by atoms with E-state index in [0.717, 1.165) is 0 Å². The second-order valence-electron chi connectivity index (χ2n) is 3.86. The van der Waals surface area contributed by atoms with Crippen molar-refractivity contribution in [1.82, 2.24) is 0 Å². The van der Waals surface area contributed by atoms with Crippen LogP contribution in [0, 0.1) is 0 Å². The molecule has 0 N–H and O–H groups in total. The Morgan fingerprint density at radius 1 is 1.12 bits per heavy atom. The quantitative estimate of drug-likeness (QED) is 0.556. The average Bonchev–Trinajstić information content (AvgIpc) is 2.29. The van der Waals surface area contributed by atoms with Crippen LogP contribution < -0.4 is 0 Å². The highest BCUT2D eigenvalue weighted by molar-refractivity contribution is 7.86. The highest BCUT2D eigenvalue weighted by Gasteiger charge is 2.13. The molecular formula is C12H18O4S. The summed E-state index contributed by atoms with van der Waals surface area (Å²) in [6, 6.07) is 8.12. The van der Waals surface area contributed by atoms with Crippen molar-refractivity contribution in [3.63, 3.8) is 0 Å². The molecule has 0 aliphatic rings. The predicted molar refractivity (Wildman–Crippen MR) is 65.3 cm³/mol. The Kier molecular flexibility index (Phi) is 5.61. The monoisotopic (exact) mass is 258 g/mol. The molecule has 1 rings (SSSR count). The molecule has 0 radical (unpaired) electrons. The van der Waals surface area contributed by atoms with Crippen LogP contribution in [0.1, 0.15) is 20.3 Å². The molecule has 4 nitrogen and oxygen atoms in total. The van der Waals surface area contributed by atoms with Gasteiger partial charge in [0.25, 0.3) is 10.1 Å². The van der Waals surface area contributed by atoms with E-state index in [1.807, 2.05) is 13.8 Å². The molecular weight excluding hydrogens is 240 g/mol. The molecule has 0 aromatic heterocycles. The lowest BCUT2D eigenvalue weighted by Crippen LogP contribution is -2.11. The third-order valence-corrected chi connectivity index (χ3v) is 3.34. The summed E-state index contributed by atoms with van der Waals surface area (Å²) in [7, 11) is -3.62. The van der Waals surface area contributed by atoms with Crippen LogP contribution in [0.5, 0.6) is 0 Å². The van der Waals surface area contributed by atoms with Gasteiger partial charge in [-0.3, -0.25) is 4.18 Å². The Hall–Kier alpha value is -0.910. The maximum absolute atomic E-state index is 11.7. The third-order valence-electron chi connectivity index (χ3n) is 2.01. The maximum atomic E-state index is 11.7. The first-order valence-electron chi connectivity index (χ1n) is 5.58. The van der Waals surface area contributed by atoms with E-state index in [1.165, 1.54) is 12.1 Å². The summed E-state index contributed by atoms with van der Waals surface area (Å²) in [5, 5.41) is 0. The number of rotatable bonds is 7. The smallest absolute Gasteiger partial charge is 0.296 e. The van der Waals surface area contributed by atoms with Gasteiger partial charge in [-0.05, 0) is 32.4 Å². The predicted octanol–water partition coefficient (Wildman–Crippen LogP) is 2.21. The number of ether oxygens (including phenoxy) is 1. The zero-order valence-electron chi connectivity index (χ0n) is 10.1. The second-order valence-corrected chi connectivity index (χ2v) is 5.48. The van der Waals surface area contributed by atoms with Gasteiger partial charge in [-0.1, -0.05) is 18.2 Å². The molecule has 0 amide bonds. The first-order chi connectivity index (χ1) is 8.02. The van der Waals surface area contributed by atoms with E-state index >= 15 is 0 Å². The molecule has 0 saturated carbocycles. The molecule has 0 aliphatic carbocycles. The topological polar surface area (TPSA) is 52.6 Å². The lowest BCUT2D eigenvalue weighted by atomic mass is 10.4. The van der Waals surface area contributed by atoms with E-state index in [4.69, 9.17) is 8.92 Å². The highest BCUT2D eigenvalue weighted by atomic mass is 32.2. The summed E-state index contributed by atoms with van der Waals surface area (Å²) in [4.78, 5) is 0.185. The fourth-order valence-corrected chi connectivity index (χ4v) is 2.17. The first-order valence-corrected chi connectivity index (χ1v) is 6.99. The molecule has 0 unspecified atom stereocenters. The fourth-order valence-electron chi connectivity index (χ4n) is 1.20. The lowest BCUT2D eigenvalue weighted by molar-refractivity contribution is 0.0700. The molecule has 1 aromatic rings. The van der Waals surface area contributed by atoms with Crippen LogP contribution >= 0.6 is 0 Å². The van der Waals surface area contributed by atoms with Crippen LogP contribution in [-0.4, -0.2) is 27.7 Å². The summed E-state index contributed by atoms with van der Waals surface area (Å²) >= 11 is 0. The van der Waals surface area contributed by atoms with Crippen molar-refractivity contribution in [3.05, 3.63) is 30.3 Å². The molecule has 0 saturated heterocycles. The zero-order chi connectivity index (χ0) is 12.7. The van der Waals surface area contributed by atoms with Gasteiger partial charge in [0.2, 0.25) is 0 Å². The summed E-state index contributed by atoms with van der Waals surface area (Å²) in [5.41, 5.74) is 0. The summed E-state index contributed by atoms with van der Waals surface area (Å²) < 4.78 is 33.5. The Morgan fingerprint density at radius 2 is 1.76 bits per heavy atom. The van der Waals surface area contributed by atoms with Gasteiger partial charge in [-0.15, -0.1) is 0 Å². The molecule has 0 bridgehead atoms. The number of hydrogen-bond acceptors (Lipinski definition) is 4. The fraction of sp³-hybridized carbons (Fsp3) is 0.500. The number of hydrogen-bond donors (Lipinski definition) is 0. The van der Waals surface area contributed by atoms with Crippen LogP contribution in [0.25, 0.3) is 0 Å². The van der Waals surface area contributed by atoms with E-state index in [-0.39, 0.29) is 17.6 Å². The van der Waals surface area contributed by atoms with Gasteiger partial charge in [0, 0.05) is 6.61 Å². The summed E-state index contributed by atoms with van der Waals surface area (Å²) in [6.07, 6.45) is 0.713. The van der Waals surface area contributed by atoms with Crippen molar-refractivity contribution < 1.29 is 17.3 Å². The Bertz CT molecular complexity index is 411. The molecule has 0 aliphatic heterocycles. The molecule has 0 heterocycles. The first kappa shape index (κ1) is 14.2. The Morgan fingerprint density at radius 3 is 2.35 bits per heavy atom. The molecule has 1 aromatic carbocycles. The lowest BCUT2D eigenvalue weighted by Gasteiger charge is -2.08. The SMILES string of the molecule is CC(C)OCCCOS(=O)(=O)c1ccccc1. The van der Waals surface area contributed by atoms with Crippen LogP contribution in [0.2, 0.25) is 0 Å². The van der Waals surface area contributed by atoms with Crippen molar-refractivity contribution in [3.8, 4) is 0 Å². The Balaban J connectivity index is 2.36. The van der Waals surface area contributed by atoms with Gasteiger partial charge < -0.3 is 4.74 Å². The molecule has 0 spiro atoms. The zero-order valence-corrected chi connectivity index (χ0v) is 10.9. The van der Waals surface area contributed by atoms with Crippen molar-refractivity contribution in [2.75, 3.05) is 13.2 Å². The average molecular weight is 258 g/mol. The van der Waals surface area contributed by atoms with Crippen LogP contribution in [0.4, 0.5) is 0 Å².